The quantitative estimate of drug-likeness (QED) is 0.741. The van der Waals surface area contributed by atoms with Gasteiger partial charge in [-0.1, -0.05) is 47.6 Å². The Hall–Kier alpha value is -0.810. The molecule has 0 aromatic heterocycles. The van der Waals surface area contributed by atoms with Crippen molar-refractivity contribution >= 4 is 27.7 Å². The lowest BCUT2D eigenvalue weighted by Gasteiger charge is -2.34. The number of hydrogen-bond acceptors (Lipinski definition) is 1. The molecule has 2 aliphatic rings. The summed E-state index contributed by atoms with van der Waals surface area (Å²) in [5, 5.41) is 0. The smallest absolute Gasteiger partial charge is 0.127 e. The largest absolute Gasteiger partial charge is 0.328 e. The Morgan fingerprint density at radius 2 is 1.73 bits per heavy atom. The van der Waals surface area contributed by atoms with Crippen molar-refractivity contribution in [2.45, 2.75) is 42.0 Å². The molecule has 1 atom stereocenters. The molecule has 0 radical (unpaired) electrons. The van der Waals surface area contributed by atoms with Gasteiger partial charge in [0.15, 0.2) is 0 Å². The molecule has 2 nitrogen and oxygen atoms in total. The summed E-state index contributed by atoms with van der Waals surface area (Å²) in [5.41, 5.74) is 4.54. The SMILES string of the molecule is CC(C)c1ccc2c(c1)[C@H]([NH+]1CC[NH+](C)CC1)Cc1cc(Br)ccc1S2. The number of hydrogen-bond donors (Lipinski definition) is 2. The van der Waals surface area contributed by atoms with E-state index in [0.717, 1.165) is 6.42 Å². The molecule has 0 unspecified atom stereocenters. The van der Waals surface area contributed by atoms with Gasteiger partial charge in [-0.05, 0) is 47.4 Å². The zero-order valence-electron chi connectivity index (χ0n) is 15.9. The predicted octanol–water partition coefficient (Wildman–Crippen LogP) is 2.73. The summed E-state index contributed by atoms with van der Waals surface area (Å²) in [7, 11) is 2.33. The van der Waals surface area contributed by atoms with Crippen molar-refractivity contribution in [3.8, 4) is 0 Å². The van der Waals surface area contributed by atoms with Crippen molar-refractivity contribution in [2.75, 3.05) is 33.2 Å². The topological polar surface area (TPSA) is 8.88 Å². The summed E-state index contributed by atoms with van der Waals surface area (Å²) in [5.74, 6) is 0.581. The number of likely N-dealkylation sites (N-methyl/N-ethyl adjacent to an activating group) is 1. The second-order valence-corrected chi connectivity index (χ2v) is 10.2. The lowest BCUT2D eigenvalue weighted by Crippen LogP contribution is -3.27. The highest BCUT2D eigenvalue weighted by atomic mass is 79.9. The van der Waals surface area contributed by atoms with Gasteiger partial charge < -0.3 is 9.80 Å². The van der Waals surface area contributed by atoms with E-state index < -0.39 is 0 Å². The minimum Gasteiger partial charge on any atom is -0.328 e. The van der Waals surface area contributed by atoms with Gasteiger partial charge in [-0.3, -0.25) is 0 Å². The third-order valence-electron chi connectivity index (χ3n) is 5.98. The predicted molar refractivity (Wildman–Crippen MR) is 113 cm³/mol. The fraction of sp³-hybridized carbons (Fsp3) is 0.455. The van der Waals surface area contributed by atoms with E-state index in [1.807, 2.05) is 11.8 Å². The average molecular weight is 433 g/mol. The van der Waals surface area contributed by atoms with Gasteiger partial charge in [-0.25, -0.2) is 0 Å². The second-order valence-electron chi connectivity index (χ2n) is 8.18. The lowest BCUT2D eigenvalue weighted by molar-refractivity contribution is -1.02. The first-order valence-electron chi connectivity index (χ1n) is 9.77. The highest BCUT2D eigenvalue weighted by Crippen LogP contribution is 2.41. The first kappa shape index (κ1) is 18.5. The number of quaternary nitrogens is 2. The van der Waals surface area contributed by atoms with Crippen LogP contribution in [0.1, 0.15) is 42.5 Å². The maximum Gasteiger partial charge on any atom is 0.127 e. The van der Waals surface area contributed by atoms with E-state index in [-0.39, 0.29) is 0 Å². The van der Waals surface area contributed by atoms with Crippen molar-refractivity contribution in [3.63, 3.8) is 0 Å². The van der Waals surface area contributed by atoms with Crippen molar-refractivity contribution in [3.05, 3.63) is 57.6 Å². The van der Waals surface area contributed by atoms with Crippen LogP contribution in [-0.2, 0) is 6.42 Å². The van der Waals surface area contributed by atoms with E-state index in [1.54, 1.807) is 15.4 Å². The van der Waals surface area contributed by atoms with Crippen LogP contribution in [0.5, 0.6) is 0 Å². The van der Waals surface area contributed by atoms with Crippen molar-refractivity contribution in [1.29, 1.82) is 0 Å². The van der Waals surface area contributed by atoms with Crippen molar-refractivity contribution in [1.82, 2.24) is 0 Å². The standard InChI is InChI=1S/C22H27BrN2S/c1-15(2)16-4-6-22-19(13-16)20(25-10-8-24(3)9-11-25)14-17-12-18(23)5-7-21(17)26-22/h4-7,12-13,15,20H,8-11,14H2,1-3H3/p+2/t20-/m1/s1. The molecular formula is C22H29BrN2S+2. The second kappa shape index (κ2) is 7.67. The molecule has 1 saturated heterocycles. The summed E-state index contributed by atoms with van der Waals surface area (Å²) in [6, 6.07) is 14.6. The number of rotatable bonds is 2. The van der Waals surface area contributed by atoms with Crippen LogP contribution in [0.4, 0.5) is 0 Å². The molecule has 4 heteroatoms. The zero-order valence-corrected chi connectivity index (χ0v) is 18.3. The third-order valence-corrected chi connectivity index (χ3v) is 7.68. The molecule has 2 aliphatic heterocycles. The molecular weight excluding hydrogens is 404 g/mol. The third kappa shape index (κ3) is 3.75. The van der Waals surface area contributed by atoms with Gasteiger partial charge in [0.2, 0.25) is 0 Å². The first-order chi connectivity index (χ1) is 12.5. The van der Waals surface area contributed by atoms with E-state index in [9.17, 15) is 0 Å². The maximum atomic E-state index is 3.69. The Labute approximate surface area is 170 Å². The van der Waals surface area contributed by atoms with Gasteiger partial charge in [0.1, 0.15) is 32.2 Å². The summed E-state index contributed by atoms with van der Waals surface area (Å²) >= 11 is 5.65. The monoisotopic (exact) mass is 432 g/mol. The summed E-state index contributed by atoms with van der Waals surface area (Å²) in [6.45, 7) is 9.72. The van der Waals surface area contributed by atoms with E-state index in [4.69, 9.17) is 0 Å². The van der Waals surface area contributed by atoms with Crippen LogP contribution in [0.2, 0.25) is 0 Å². The highest BCUT2D eigenvalue weighted by Gasteiger charge is 2.34. The molecule has 2 N–H and O–H groups in total. The molecule has 138 valence electrons. The van der Waals surface area contributed by atoms with Gasteiger partial charge in [-0.15, -0.1) is 0 Å². The van der Waals surface area contributed by atoms with Crippen molar-refractivity contribution < 1.29 is 9.80 Å². The molecule has 0 aliphatic carbocycles. The van der Waals surface area contributed by atoms with Crippen LogP contribution >= 0.6 is 27.7 Å². The minimum atomic E-state index is 0.569. The lowest BCUT2D eigenvalue weighted by atomic mass is 9.93. The van der Waals surface area contributed by atoms with Crippen LogP contribution in [0, 0.1) is 0 Å². The highest BCUT2D eigenvalue weighted by molar-refractivity contribution is 9.10. The van der Waals surface area contributed by atoms with Gasteiger partial charge in [-0.2, -0.15) is 0 Å². The van der Waals surface area contributed by atoms with E-state index >= 15 is 0 Å². The minimum absolute atomic E-state index is 0.569. The summed E-state index contributed by atoms with van der Waals surface area (Å²) in [4.78, 5) is 6.33. The van der Waals surface area contributed by atoms with E-state index in [1.165, 1.54) is 51.6 Å². The molecule has 1 fully saturated rings. The Morgan fingerprint density at radius 3 is 2.46 bits per heavy atom. The van der Waals surface area contributed by atoms with Crippen LogP contribution in [-0.4, -0.2) is 33.2 Å². The van der Waals surface area contributed by atoms with Crippen molar-refractivity contribution in [2.24, 2.45) is 0 Å². The van der Waals surface area contributed by atoms with Crippen LogP contribution in [0.25, 0.3) is 0 Å². The van der Waals surface area contributed by atoms with Crippen LogP contribution in [0.3, 0.4) is 0 Å². The molecule has 2 heterocycles. The van der Waals surface area contributed by atoms with Gasteiger partial charge in [0.05, 0.1) is 7.05 Å². The number of piperazine rings is 1. The maximum absolute atomic E-state index is 3.69. The molecule has 0 saturated carbocycles. The Bertz CT molecular complexity index is 797. The molecule has 2 aromatic carbocycles. The van der Waals surface area contributed by atoms with Crippen LogP contribution in [0.15, 0.2) is 50.7 Å². The van der Waals surface area contributed by atoms with E-state index in [2.05, 4.69) is 73.2 Å². The molecule has 4 rings (SSSR count). The summed E-state index contributed by atoms with van der Waals surface area (Å²) in [6.07, 6.45) is 1.14. The van der Waals surface area contributed by atoms with Gasteiger partial charge >= 0.3 is 0 Å². The number of halogens is 1. The molecule has 0 amide bonds. The number of fused-ring (bicyclic) bond motifs is 2. The Balaban J connectivity index is 1.78. The zero-order chi connectivity index (χ0) is 18.3. The van der Waals surface area contributed by atoms with Crippen LogP contribution < -0.4 is 9.80 Å². The molecule has 0 bridgehead atoms. The number of benzene rings is 2. The van der Waals surface area contributed by atoms with Gasteiger partial charge in [0.25, 0.3) is 0 Å². The summed E-state index contributed by atoms with van der Waals surface area (Å²) < 4.78 is 1.20. The fourth-order valence-electron chi connectivity index (χ4n) is 4.26. The fourth-order valence-corrected chi connectivity index (χ4v) is 5.77. The molecule has 2 aromatic rings. The Kier molecular flexibility index (Phi) is 5.47. The average Bonchev–Trinajstić information content (AvgIpc) is 2.78. The van der Waals surface area contributed by atoms with E-state index in [0.29, 0.717) is 12.0 Å². The number of nitrogens with one attached hydrogen (secondary N) is 2. The normalized spacial score (nSPS) is 25.5. The molecule has 0 spiro atoms. The Morgan fingerprint density at radius 1 is 1.00 bits per heavy atom. The molecule has 26 heavy (non-hydrogen) atoms. The first-order valence-corrected chi connectivity index (χ1v) is 11.4. The van der Waals surface area contributed by atoms with Gasteiger partial charge in [0, 0.05) is 26.2 Å².